The standard InChI is InChI=1S/C14H27NO2S/c1-2-3-4-5-6-7-8-9-13-15-12(14(16)17)10-11-18-13/h12-13,15H,2-11H2,1H3,(H,16,17)/t12-,13-/m0/s1. The van der Waals surface area contributed by atoms with Crippen LogP contribution in [0.15, 0.2) is 0 Å². The Labute approximate surface area is 115 Å². The number of nitrogens with one attached hydrogen (secondary N) is 1. The molecule has 0 amide bonds. The number of rotatable bonds is 9. The van der Waals surface area contributed by atoms with Gasteiger partial charge in [0.15, 0.2) is 0 Å². The Morgan fingerprint density at radius 2 is 1.89 bits per heavy atom. The number of thioether (sulfide) groups is 1. The highest BCUT2D eigenvalue weighted by Crippen LogP contribution is 2.23. The van der Waals surface area contributed by atoms with Crippen molar-refractivity contribution in [2.45, 2.75) is 76.1 Å². The molecule has 0 aliphatic carbocycles. The first-order chi connectivity index (χ1) is 8.74. The quantitative estimate of drug-likeness (QED) is 0.630. The molecule has 2 atom stereocenters. The maximum atomic E-state index is 10.9. The van der Waals surface area contributed by atoms with Gasteiger partial charge in [-0.05, 0) is 18.6 Å². The van der Waals surface area contributed by atoms with Crippen LogP contribution in [0.3, 0.4) is 0 Å². The Morgan fingerprint density at radius 3 is 2.56 bits per heavy atom. The summed E-state index contributed by atoms with van der Waals surface area (Å²) in [6.45, 7) is 2.24. The van der Waals surface area contributed by atoms with Gasteiger partial charge in [0.05, 0.1) is 5.37 Å². The average Bonchev–Trinajstić information content (AvgIpc) is 2.38. The lowest BCUT2D eigenvalue weighted by molar-refractivity contribution is -0.139. The van der Waals surface area contributed by atoms with Gasteiger partial charge in [0.1, 0.15) is 6.04 Å². The lowest BCUT2D eigenvalue weighted by atomic mass is 10.1. The minimum atomic E-state index is -0.695. The normalized spacial score (nSPS) is 24.1. The topological polar surface area (TPSA) is 49.3 Å². The molecule has 4 heteroatoms. The predicted octanol–water partition coefficient (Wildman–Crippen LogP) is 3.63. The van der Waals surface area contributed by atoms with Crippen molar-refractivity contribution in [2.75, 3.05) is 5.75 Å². The number of unbranched alkanes of at least 4 members (excludes halogenated alkanes) is 6. The van der Waals surface area contributed by atoms with E-state index in [0.29, 0.717) is 5.37 Å². The predicted molar refractivity (Wildman–Crippen MR) is 78.0 cm³/mol. The highest BCUT2D eigenvalue weighted by Gasteiger charge is 2.25. The van der Waals surface area contributed by atoms with Gasteiger partial charge in [0.2, 0.25) is 0 Å². The second-order valence-electron chi connectivity index (χ2n) is 5.12. The molecule has 0 aromatic carbocycles. The number of hydrogen-bond acceptors (Lipinski definition) is 3. The molecular weight excluding hydrogens is 246 g/mol. The third-order valence-corrected chi connectivity index (χ3v) is 4.73. The van der Waals surface area contributed by atoms with Crippen LogP contribution in [0.4, 0.5) is 0 Å². The first-order valence-electron chi connectivity index (χ1n) is 7.34. The maximum Gasteiger partial charge on any atom is 0.320 e. The van der Waals surface area contributed by atoms with E-state index in [-0.39, 0.29) is 6.04 Å². The summed E-state index contributed by atoms with van der Waals surface area (Å²) in [7, 11) is 0. The third-order valence-electron chi connectivity index (χ3n) is 3.48. The van der Waals surface area contributed by atoms with Crippen LogP contribution in [0.1, 0.15) is 64.7 Å². The van der Waals surface area contributed by atoms with Crippen LogP contribution in [0, 0.1) is 0 Å². The van der Waals surface area contributed by atoms with Crippen molar-refractivity contribution in [1.82, 2.24) is 5.32 Å². The molecule has 1 saturated heterocycles. The molecule has 0 aromatic rings. The Hall–Kier alpha value is -0.220. The zero-order valence-electron chi connectivity index (χ0n) is 11.5. The average molecular weight is 273 g/mol. The van der Waals surface area contributed by atoms with E-state index in [0.717, 1.165) is 18.6 Å². The van der Waals surface area contributed by atoms with Gasteiger partial charge in [-0.2, -0.15) is 0 Å². The summed E-state index contributed by atoms with van der Waals surface area (Å²) in [6.07, 6.45) is 11.1. The van der Waals surface area contributed by atoms with Gasteiger partial charge in [-0.25, -0.2) is 0 Å². The van der Waals surface area contributed by atoms with Gasteiger partial charge < -0.3 is 5.11 Å². The lowest BCUT2D eigenvalue weighted by Crippen LogP contribution is -2.45. The van der Waals surface area contributed by atoms with Crippen LogP contribution in [0.5, 0.6) is 0 Å². The molecule has 0 spiro atoms. The van der Waals surface area contributed by atoms with Gasteiger partial charge in [-0.1, -0.05) is 51.9 Å². The summed E-state index contributed by atoms with van der Waals surface area (Å²) in [5.41, 5.74) is 0. The van der Waals surface area contributed by atoms with Crippen LogP contribution < -0.4 is 5.32 Å². The third kappa shape index (κ3) is 6.64. The Morgan fingerprint density at radius 1 is 1.22 bits per heavy atom. The molecule has 1 aliphatic rings. The zero-order valence-corrected chi connectivity index (χ0v) is 12.3. The van der Waals surface area contributed by atoms with Crippen LogP contribution >= 0.6 is 11.8 Å². The van der Waals surface area contributed by atoms with Gasteiger partial charge in [-0.15, -0.1) is 11.8 Å². The summed E-state index contributed by atoms with van der Waals surface area (Å²) in [5, 5.41) is 12.6. The zero-order chi connectivity index (χ0) is 13.2. The molecular formula is C14H27NO2S. The van der Waals surface area contributed by atoms with E-state index >= 15 is 0 Å². The number of carboxylic acids is 1. The second kappa shape index (κ2) is 9.68. The van der Waals surface area contributed by atoms with E-state index in [2.05, 4.69) is 12.2 Å². The number of carbonyl (C=O) groups is 1. The monoisotopic (exact) mass is 273 g/mol. The molecule has 0 radical (unpaired) electrons. The molecule has 1 aliphatic heterocycles. The fourth-order valence-corrected chi connectivity index (χ4v) is 3.58. The summed E-state index contributed by atoms with van der Waals surface area (Å²) in [5.74, 6) is 0.283. The second-order valence-corrected chi connectivity index (χ2v) is 6.43. The molecule has 18 heavy (non-hydrogen) atoms. The Bertz CT molecular complexity index is 236. The van der Waals surface area contributed by atoms with E-state index in [4.69, 9.17) is 5.11 Å². The van der Waals surface area contributed by atoms with Crippen LogP contribution in [0.2, 0.25) is 0 Å². The van der Waals surface area contributed by atoms with Gasteiger partial charge in [0.25, 0.3) is 0 Å². The SMILES string of the molecule is CCCCCCCCC[C@H]1N[C@H](C(=O)O)CCS1. The first kappa shape index (κ1) is 15.8. The minimum Gasteiger partial charge on any atom is -0.480 e. The van der Waals surface area contributed by atoms with Crippen LogP contribution in [0.25, 0.3) is 0 Å². The molecule has 2 N–H and O–H groups in total. The Kier molecular flexibility index (Phi) is 8.51. The van der Waals surface area contributed by atoms with Crippen molar-refractivity contribution in [3.05, 3.63) is 0 Å². The molecule has 1 fully saturated rings. The molecule has 1 rings (SSSR count). The summed E-state index contributed by atoms with van der Waals surface area (Å²) in [4.78, 5) is 10.9. The van der Waals surface area contributed by atoms with E-state index in [1.165, 1.54) is 44.9 Å². The molecule has 3 nitrogen and oxygen atoms in total. The van der Waals surface area contributed by atoms with Crippen molar-refractivity contribution < 1.29 is 9.90 Å². The molecule has 106 valence electrons. The van der Waals surface area contributed by atoms with Crippen molar-refractivity contribution in [2.24, 2.45) is 0 Å². The molecule has 0 bridgehead atoms. The first-order valence-corrected chi connectivity index (χ1v) is 8.39. The number of carboxylic acid groups (broad SMARTS) is 1. The molecule has 0 saturated carbocycles. The van der Waals surface area contributed by atoms with E-state index in [1.807, 2.05) is 11.8 Å². The summed E-state index contributed by atoms with van der Waals surface area (Å²) in [6, 6.07) is -0.319. The number of aliphatic carboxylic acids is 1. The number of hydrogen-bond donors (Lipinski definition) is 2. The summed E-state index contributed by atoms with van der Waals surface area (Å²) < 4.78 is 0. The summed E-state index contributed by atoms with van der Waals surface area (Å²) >= 11 is 1.88. The Balaban J connectivity index is 2.00. The highest BCUT2D eigenvalue weighted by atomic mass is 32.2. The smallest absolute Gasteiger partial charge is 0.320 e. The highest BCUT2D eigenvalue weighted by molar-refractivity contribution is 7.99. The fraction of sp³-hybridized carbons (Fsp3) is 0.929. The van der Waals surface area contributed by atoms with Gasteiger partial charge in [-0.3, -0.25) is 10.1 Å². The minimum absolute atomic E-state index is 0.319. The van der Waals surface area contributed by atoms with Crippen molar-refractivity contribution in [3.8, 4) is 0 Å². The fourth-order valence-electron chi connectivity index (χ4n) is 2.33. The van der Waals surface area contributed by atoms with Crippen molar-refractivity contribution in [1.29, 1.82) is 0 Å². The van der Waals surface area contributed by atoms with Crippen LogP contribution in [-0.4, -0.2) is 28.2 Å². The van der Waals surface area contributed by atoms with Crippen LogP contribution in [-0.2, 0) is 4.79 Å². The largest absolute Gasteiger partial charge is 0.480 e. The van der Waals surface area contributed by atoms with E-state index in [1.54, 1.807) is 0 Å². The van der Waals surface area contributed by atoms with Crippen molar-refractivity contribution in [3.63, 3.8) is 0 Å². The van der Waals surface area contributed by atoms with E-state index in [9.17, 15) is 4.79 Å². The molecule has 1 heterocycles. The van der Waals surface area contributed by atoms with Crippen molar-refractivity contribution >= 4 is 17.7 Å². The maximum absolute atomic E-state index is 10.9. The van der Waals surface area contributed by atoms with Gasteiger partial charge >= 0.3 is 5.97 Å². The van der Waals surface area contributed by atoms with Gasteiger partial charge in [0, 0.05) is 0 Å². The molecule has 0 unspecified atom stereocenters. The molecule has 0 aromatic heterocycles. The van der Waals surface area contributed by atoms with E-state index < -0.39 is 5.97 Å². The lowest BCUT2D eigenvalue weighted by Gasteiger charge is -2.28.